The van der Waals surface area contributed by atoms with Crippen molar-refractivity contribution in [3.8, 4) is 0 Å². The standard InChI is InChI=1S/C3HBrCl2O/c4-3(5,6)1-2-7/h1H. The van der Waals surface area contributed by atoms with E-state index in [0.29, 0.717) is 0 Å². The Bertz CT molecular complexity index is 100.0. The van der Waals surface area contributed by atoms with Crippen LogP contribution in [0.25, 0.3) is 0 Å². The Morgan fingerprint density at radius 2 is 2.14 bits per heavy atom. The van der Waals surface area contributed by atoms with Gasteiger partial charge in [0.2, 0.25) is 3.24 Å². The number of carbonyl (C=O) groups excluding carboxylic acids is 1. The number of rotatable bonds is 1. The maximum atomic E-state index is 9.44. The minimum atomic E-state index is -1.24. The lowest BCUT2D eigenvalue weighted by atomic mass is 10.7. The van der Waals surface area contributed by atoms with Crippen LogP contribution in [-0.2, 0) is 4.79 Å². The fourth-order valence-corrected chi connectivity index (χ4v) is 0.249. The summed E-state index contributed by atoms with van der Waals surface area (Å²) in [7, 11) is 0. The van der Waals surface area contributed by atoms with Crippen LogP contribution in [0.15, 0.2) is 6.08 Å². The molecule has 0 N–H and O–H groups in total. The summed E-state index contributed by atoms with van der Waals surface area (Å²) in [6.07, 6.45) is 0.954. The van der Waals surface area contributed by atoms with E-state index in [1.807, 2.05) is 0 Å². The van der Waals surface area contributed by atoms with Crippen LogP contribution in [-0.4, -0.2) is 9.18 Å². The smallest absolute Gasteiger partial charge is 0.200 e. The lowest BCUT2D eigenvalue weighted by Gasteiger charge is -1.96. The first-order valence-corrected chi connectivity index (χ1v) is 2.90. The minimum Gasteiger partial charge on any atom is -0.234 e. The van der Waals surface area contributed by atoms with Crippen molar-refractivity contribution in [3.05, 3.63) is 6.08 Å². The van der Waals surface area contributed by atoms with Gasteiger partial charge in [-0.2, -0.15) is 0 Å². The average molecular weight is 204 g/mol. The Hall–Kier alpha value is 0.510. The maximum absolute atomic E-state index is 9.44. The second-order valence-electron chi connectivity index (χ2n) is 0.804. The van der Waals surface area contributed by atoms with Crippen LogP contribution in [0.3, 0.4) is 0 Å². The van der Waals surface area contributed by atoms with E-state index in [1.54, 1.807) is 0 Å². The van der Waals surface area contributed by atoms with Gasteiger partial charge in [-0.3, -0.25) is 0 Å². The molecular weight excluding hydrogens is 203 g/mol. The van der Waals surface area contributed by atoms with Gasteiger partial charge >= 0.3 is 0 Å². The molecule has 0 aromatic heterocycles. The first-order chi connectivity index (χ1) is 3.06. The molecule has 0 saturated carbocycles. The zero-order valence-electron chi connectivity index (χ0n) is 3.12. The summed E-state index contributed by atoms with van der Waals surface area (Å²) in [5.41, 5.74) is 0. The van der Waals surface area contributed by atoms with Gasteiger partial charge in [0.15, 0.2) is 0 Å². The monoisotopic (exact) mass is 202 g/mol. The molecule has 0 fully saturated rings. The van der Waals surface area contributed by atoms with Crippen molar-refractivity contribution in [1.82, 2.24) is 0 Å². The highest BCUT2D eigenvalue weighted by molar-refractivity contribution is 9.11. The predicted octanol–water partition coefficient (Wildman–Crippen LogP) is 1.90. The SMILES string of the molecule is O=C=CC(Cl)(Cl)Br. The molecule has 0 aliphatic rings. The Morgan fingerprint density at radius 3 is 2.14 bits per heavy atom. The highest BCUT2D eigenvalue weighted by Gasteiger charge is 2.13. The van der Waals surface area contributed by atoms with Crippen molar-refractivity contribution < 1.29 is 4.79 Å². The lowest BCUT2D eigenvalue weighted by Crippen LogP contribution is -1.92. The van der Waals surface area contributed by atoms with Gasteiger partial charge in [-0.1, -0.05) is 23.2 Å². The zero-order valence-corrected chi connectivity index (χ0v) is 6.22. The van der Waals surface area contributed by atoms with E-state index < -0.39 is 3.24 Å². The van der Waals surface area contributed by atoms with Gasteiger partial charge in [0.05, 0.1) is 0 Å². The van der Waals surface area contributed by atoms with Crippen molar-refractivity contribution in [2.45, 2.75) is 3.24 Å². The Balaban J connectivity index is 3.80. The molecule has 0 rings (SSSR count). The number of hydrogen-bond donors (Lipinski definition) is 0. The number of alkyl halides is 3. The van der Waals surface area contributed by atoms with Gasteiger partial charge in [0.25, 0.3) is 0 Å². The molecule has 0 aromatic rings. The number of hydrogen-bond acceptors (Lipinski definition) is 1. The van der Waals surface area contributed by atoms with E-state index >= 15 is 0 Å². The summed E-state index contributed by atoms with van der Waals surface area (Å²) >= 11 is 13.1. The second-order valence-corrected chi connectivity index (χ2v) is 4.35. The van der Waals surface area contributed by atoms with Crippen LogP contribution < -0.4 is 0 Å². The molecule has 0 saturated heterocycles. The van der Waals surface area contributed by atoms with Gasteiger partial charge in [-0.25, -0.2) is 4.79 Å². The van der Waals surface area contributed by atoms with Gasteiger partial charge in [0.1, 0.15) is 5.94 Å². The van der Waals surface area contributed by atoms with Gasteiger partial charge in [-0.15, -0.1) is 0 Å². The topological polar surface area (TPSA) is 17.1 Å². The first-order valence-electron chi connectivity index (χ1n) is 1.35. The predicted molar refractivity (Wildman–Crippen MR) is 33.6 cm³/mol. The Morgan fingerprint density at radius 1 is 1.71 bits per heavy atom. The van der Waals surface area contributed by atoms with Crippen molar-refractivity contribution >= 4 is 45.1 Å². The molecule has 0 spiro atoms. The van der Waals surface area contributed by atoms with Crippen molar-refractivity contribution in [1.29, 1.82) is 0 Å². The molecule has 1 nitrogen and oxygen atoms in total. The second kappa shape index (κ2) is 2.73. The van der Waals surface area contributed by atoms with Crippen molar-refractivity contribution in [2.24, 2.45) is 0 Å². The molecule has 40 valence electrons. The van der Waals surface area contributed by atoms with E-state index in [9.17, 15) is 4.79 Å². The number of allylic oxidation sites excluding steroid dienone is 1. The molecule has 0 aromatic carbocycles. The minimum absolute atomic E-state index is 0.954. The molecule has 0 radical (unpaired) electrons. The van der Waals surface area contributed by atoms with Crippen molar-refractivity contribution in [3.63, 3.8) is 0 Å². The van der Waals surface area contributed by atoms with E-state index in [2.05, 4.69) is 15.9 Å². The molecule has 0 aliphatic heterocycles. The van der Waals surface area contributed by atoms with E-state index in [-0.39, 0.29) is 0 Å². The Kier molecular flexibility index (Phi) is 2.93. The van der Waals surface area contributed by atoms with Crippen LogP contribution in [0, 0.1) is 0 Å². The van der Waals surface area contributed by atoms with Crippen LogP contribution in [0.5, 0.6) is 0 Å². The molecule has 4 heteroatoms. The summed E-state index contributed by atoms with van der Waals surface area (Å²) in [4.78, 5) is 9.44. The third-order valence-corrected chi connectivity index (χ3v) is 0.670. The average Bonchev–Trinajstić information content (AvgIpc) is 1.30. The fourth-order valence-electron chi connectivity index (χ4n) is 0.0668. The molecular formula is C3HBrCl2O. The summed E-state index contributed by atoms with van der Waals surface area (Å²) in [6.45, 7) is 0. The summed E-state index contributed by atoms with van der Waals surface area (Å²) < 4.78 is -1.24. The molecule has 0 heterocycles. The zero-order chi connectivity index (χ0) is 5.91. The molecule has 7 heavy (non-hydrogen) atoms. The maximum Gasteiger partial charge on any atom is 0.200 e. The quantitative estimate of drug-likeness (QED) is 0.470. The Labute approximate surface area is 59.4 Å². The van der Waals surface area contributed by atoms with E-state index in [0.717, 1.165) is 6.08 Å². The molecule has 0 bridgehead atoms. The lowest BCUT2D eigenvalue weighted by molar-refractivity contribution is 0.568. The van der Waals surface area contributed by atoms with E-state index in [1.165, 1.54) is 5.94 Å². The summed E-state index contributed by atoms with van der Waals surface area (Å²) in [5.74, 6) is 1.42. The van der Waals surface area contributed by atoms with E-state index in [4.69, 9.17) is 23.2 Å². The van der Waals surface area contributed by atoms with Crippen molar-refractivity contribution in [2.75, 3.05) is 0 Å². The first kappa shape index (κ1) is 7.51. The molecule has 0 aliphatic carbocycles. The fraction of sp³-hybridized carbons (Fsp3) is 0.333. The normalized spacial score (nSPS) is 10.1. The van der Waals surface area contributed by atoms with Crippen LogP contribution in [0.1, 0.15) is 0 Å². The van der Waals surface area contributed by atoms with Crippen LogP contribution in [0.2, 0.25) is 0 Å². The number of halogens is 3. The van der Waals surface area contributed by atoms with Gasteiger partial charge < -0.3 is 0 Å². The van der Waals surface area contributed by atoms with Crippen LogP contribution in [0.4, 0.5) is 0 Å². The highest BCUT2D eigenvalue weighted by Crippen LogP contribution is 2.28. The summed E-state index contributed by atoms with van der Waals surface area (Å²) in [6, 6.07) is 0. The molecule has 0 unspecified atom stereocenters. The van der Waals surface area contributed by atoms with Gasteiger partial charge in [0, 0.05) is 6.08 Å². The highest BCUT2D eigenvalue weighted by atomic mass is 79.9. The summed E-state index contributed by atoms with van der Waals surface area (Å²) in [5, 5.41) is 0. The van der Waals surface area contributed by atoms with Crippen LogP contribution >= 0.6 is 39.1 Å². The molecule has 0 atom stereocenters. The largest absolute Gasteiger partial charge is 0.234 e. The third kappa shape index (κ3) is 6.51. The molecule has 0 amide bonds. The third-order valence-electron chi connectivity index (χ3n) is 0.223. The van der Waals surface area contributed by atoms with Gasteiger partial charge in [-0.05, 0) is 15.9 Å².